The van der Waals surface area contributed by atoms with Crippen molar-refractivity contribution in [2.75, 3.05) is 5.32 Å². The van der Waals surface area contributed by atoms with Gasteiger partial charge in [-0.2, -0.15) is 0 Å². The number of amides is 1. The molecular formula is C14H16BrNO3. The molecule has 0 radical (unpaired) electrons. The van der Waals surface area contributed by atoms with Gasteiger partial charge >= 0.3 is 5.97 Å². The zero-order chi connectivity index (χ0) is 14.0. The second-order valence-electron chi connectivity index (χ2n) is 4.71. The van der Waals surface area contributed by atoms with Crippen molar-refractivity contribution in [1.82, 2.24) is 0 Å². The molecule has 0 saturated carbocycles. The zero-order valence-electron chi connectivity index (χ0n) is 11.0. The third-order valence-electron chi connectivity index (χ3n) is 3.17. The summed E-state index contributed by atoms with van der Waals surface area (Å²) >= 11 is 3.53. The standard InChI is InChI=1S/C14H16BrNO3/c1-8(17)16-14-6-5-13(15)11-4-3-10(7-12(11)14)19-9(2)18/h5-6,10H,3-4,7H2,1-2H3,(H,16,17). The lowest BCUT2D eigenvalue weighted by Crippen LogP contribution is -2.26. The van der Waals surface area contributed by atoms with E-state index in [9.17, 15) is 9.59 Å². The monoisotopic (exact) mass is 325 g/mol. The van der Waals surface area contributed by atoms with Crippen LogP contribution >= 0.6 is 15.9 Å². The van der Waals surface area contributed by atoms with Gasteiger partial charge in [-0.05, 0) is 36.1 Å². The first-order valence-electron chi connectivity index (χ1n) is 6.22. The molecule has 1 unspecified atom stereocenters. The van der Waals surface area contributed by atoms with Gasteiger partial charge in [0.2, 0.25) is 5.91 Å². The summed E-state index contributed by atoms with van der Waals surface area (Å²) < 4.78 is 6.32. The Labute approximate surface area is 120 Å². The van der Waals surface area contributed by atoms with E-state index in [-0.39, 0.29) is 18.0 Å². The van der Waals surface area contributed by atoms with Crippen LogP contribution in [-0.2, 0) is 27.2 Å². The molecule has 1 amide bonds. The molecule has 1 aliphatic carbocycles. The van der Waals surface area contributed by atoms with Gasteiger partial charge in [0.15, 0.2) is 0 Å². The Kier molecular flexibility index (Phi) is 4.24. The molecule has 4 nitrogen and oxygen atoms in total. The second kappa shape index (κ2) is 5.74. The third kappa shape index (κ3) is 3.35. The summed E-state index contributed by atoms with van der Waals surface area (Å²) in [6, 6.07) is 3.82. The van der Waals surface area contributed by atoms with Crippen LogP contribution in [-0.4, -0.2) is 18.0 Å². The number of nitrogens with one attached hydrogen (secondary N) is 1. The molecule has 1 aliphatic rings. The molecule has 0 bridgehead atoms. The Bertz CT molecular complexity index is 528. The fourth-order valence-electron chi connectivity index (χ4n) is 2.44. The van der Waals surface area contributed by atoms with Crippen LogP contribution in [0.4, 0.5) is 5.69 Å². The Hall–Kier alpha value is -1.36. The highest BCUT2D eigenvalue weighted by Gasteiger charge is 2.25. The summed E-state index contributed by atoms with van der Waals surface area (Å²) in [6.45, 7) is 2.91. The molecule has 0 aromatic heterocycles. The summed E-state index contributed by atoms with van der Waals surface area (Å²) in [5, 5.41) is 2.83. The molecule has 0 heterocycles. The molecule has 0 saturated heterocycles. The number of benzene rings is 1. The fraction of sp³-hybridized carbons (Fsp3) is 0.429. The number of carbonyl (C=O) groups excluding carboxylic acids is 2. The number of ether oxygens (including phenoxy) is 1. The number of esters is 1. The molecule has 102 valence electrons. The van der Waals surface area contributed by atoms with Crippen LogP contribution in [0.15, 0.2) is 16.6 Å². The van der Waals surface area contributed by atoms with Crippen molar-refractivity contribution in [2.45, 2.75) is 39.2 Å². The molecule has 19 heavy (non-hydrogen) atoms. The van der Waals surface area contributed by atoms with Crippen molar-refractivity contribution in [3.63, 3.8) is 0 Å². The molecule has 1 N–H and O–H groups in total. The van der Waals surface area contributed by atoms with Crippen LogP contribution in [0.1, 0.15) is 31.4 Å². The van der Waals surface area contributed by atoms with Gasteiger partial charge in [-0.1, -0.05) is 15.9 Å². The van der Waals surface area contributed by atoms with Crippen LogP contribution in [0, 0.1) is 0 Å². The zero-order valence-corrected chi connectivity index (χ0v) is 12.5. The van der Waals surface area contributed by atoms with E-state index in [0.717, 1.165) is 28.6 Å². The number of fused-ring (bicyclic) bond motifs is 1. The summed E-state index contributed by atoms with van der Waals surface area (Å²) in [7, 11) is 0. The van der Waals surface area contributed by atoms with Crippen molar-refractivity contribution in [2.24, 2.45) is 0 Å². The van der Waals surface area contributed by atoms with Gasteiger partial charge in [0.05, 0.1) is 0 Å². The molecule has 5 heteroatoms. The van der Waals surface area contributed by atoms with E-state index in [1.165, 1.54) is 19.4 Å². The van der Waals surface area contributed by atoms with Crippen LogP contribution < -0.4 is 5.32 Å². The number of rotatable bonds is 2. The normalized spacial score (nSPS) is 17.5. The van der Waals surface area contributed by atoms with E-state index in [2.05, 4.69) is 21.2 Å². The first kappa shape index (κ1) is 14.1. The van der Waals surface area contributed by atoms with Crippen molar-refractivity contribution in [3.05, 3.63) is 27.7 Å². The summed E-state index contributed by atoms with van der Waals surface area (Å²) in [6.07, 6.45) is 2.19. The van der Waals surface area contributed by atoms with Crippen LogP contribution in [0.5, 0.6) is 0 Å². The third-order valence-corrected chi connectivity index (χ3v) is 3.91. The fourth-order valence-corrected chi connectivity index (χ4v) is 3.01. The predicted octanol–water partition coefficient (Wildman–Crippen LogP) is 2.83. The number of hydrogen-bond acceptors (Lipinski definition) is 3. The average Bonchev–Trinajstić information content (AvgIpc) is 2.31. The lowest BCUT2D eigenvalue weighted by Gasteiger charge is -2.27. The highest BCUT2D eigenvalue weighted by molar-refractivity contribution is 9.10. The first-order valence-corrected chi connectivity index (χ1v) is 7.01. The number of hydrogen-bond donors (Lipinski definition) is 1. The van der Waals surface area contributed by atoms with E-state index in [4.69, 9.17) is 4.74 Å². The van der Waals surface area contributed by atoms with Crippen molar-refractivity contribution in [3.8, 4) is 0 Å². The lowest BCUT2D eigenvalue weighted by molar-refractivity contribution is -0.146. The molecule has 1 aromatic rings. The molecule has 1 aromatic carbocycles. The molecule has 0 fully saturated rings. The minimum absolute atomic E-state index is 0.0980. The highest BCUT2D eigenvalue weighted by Crippen LogP contribution is 2.34. The van der Waals surface area contributed by atoms with Crippen LogP contribution in [0.2, 0.25) is 0 Å². The summed E-state index contributed by atoms with van der Waals surface area (Å²) in [5.41, 5.74) is 3.05. The summed E-state index contributed by atoms with van der Waals surface area (Å²) in [5.74, 6) is -0.358. The Morgan fingerprint density at radius 3 is 2.68 bits per heavy atom. The Morgan fingerprint density at radius 1 is 1.32 bits per heavy atom. The highest BCUT2D eigenvalue weighted by atomic mass is 79.9. The SMILES string of the molecule is CC(=O)Nc1ccc(Br)c2c1CC(OC(C)=O)CC2. The van der Waals surface area contributed by atoms with E-state index < -0.39 is 0 Å². The van der Waals surface area contributed by atoms with Crippen LogP contribution in [0.3, 0.4) is 0 Å². The van der Waals surface area contributed by atoms with Gasteiger partial charge in [0.1, 0.15) is 6.10 Å². The molecule has 1 atom stereocenters. The number of carbonyl (C=O) groups is 2. The maximum Gasteiger partial charge on any atom is 0.302 e. The maximum atomic E-state index is 11.2. The van der Waals surface area contributed by atoms with Gasteiger partial charge in [-0.15, -0.1) is 0 Å². The lowest BCUT2D eigenvalue weighted by atomic mass is 9.88. The largest absolute Gasteiger partial charge is 0.462 e. The first-order chi connectivity index (χ1) is 8.97. The molecule has 0 aliphatic heterocycles. The van der Waals surface area contributed by atoms with Crippen molar-refractivity contribution >= 4 is 33.5 Å². The van der Waals surface area contributed by atoms with E-state index in [1.54, 1.807) is 0 Å². The quantitative estimate of drug-likeness (QED) is 0.850. The minimum atomic E-state index is -0.260. The maximum absolute atomic E-state index is 11.2. The van der Waals surface area contributed by atoms with Crippen molar-refractivity contribution < 1.29 is 14.3 Å². The van der Waals surface area contributed by atoms with E-state index in [1.807, 2.05) is 12.1 Å². The Morgan fingerprint density at radius 2 is 2.05 bits per heavy atom. The predicted molar refractivity (Wildman–Crippen MR) is 76.0 cm³/mol. The Balaban J connectivity index is 2.31. The molecule has 0 spiro atoms. The van der Waals surface area contributed by atoms with E-state index >= 15 is 0 Å². The minimum Gasteiger partial charge on any atom is -0.462 e. The molecular weight excluding hydrogens is 310 g/mol. The van der Waals surface area contributed by atoms with Crippen molar-refractivity contribution in [1.29, 1.82) is 0 Å². The number of anilines is 1. The van der Waals surface area contributed by atoms with Gasteiger partial charge < -0.3 is 10.1 Å². The average molecular weight is 326 g/mol. The second-order valence-corrected chi connectivity index (χ2v) is 5.56. The van der Waals surface area contributed by atoms with Gasteiger partial charge in [-0.25, -0.2) is 0 Å². The van der Waals surface area contributed by atoms with Gasteiger partial charge in [0.25, 0.3) is 0 Å². The number of halogens is 1. The van der Waals surface area contributed by atoms with Gasteiger partial charge in [0, 0.05) is 30.4 Å². The van der Waals surface area contributed by atoms with Gasteiger partial charge in [-0.3, -0.25) is 9.59 Å². The summed E-state index contributed by atoms with van der Waals surface area (Å²) in [4.78, 5) is 22.3. The smallest absolute Gasteiger partial charge is 0.302 e. The topological polar surface area (TPSA) is 55.4 Å². The van der Waals surface area contributed by atoms with Crippen LogP contribution in [0.25, 0.3) is 0 Å². The molecule has 2 rings (SSSR count). The van der Waals surface area contributed by atoms with E-state index in [0.29, 0.717) is 6.42 Å².